The number of nitrogens with one attached hydrogen (secondary N) is 1. The van der Waals surface area contributed by atoms with Gasteiger partial charge in [0.15, 0.2) is 5.78 Å². The molecule has 2 aromatic carbocycles. The Balaban J connectivity index is 1.39. The summed E-state index contributed by atoms with van der Waals surface area (Å²) in [5, 5.41) is 1.14. The van der Waals surface area contributed by atoms with E-state index in [1.54, 1.807) is 24.8 Å². The molecule has 0 radical (unpaired) electrons. The van der Waals surface area contributed by atoms with Crippen molar-refractivity contribution in [3.63, 3.8) is 0 Å². The van der Waals surface area contributed by atoms with Crippen molar-refractivity contribution in [2.75, 3.05) is 0 Å². The number of fused-ring (bicyclic) bond motifs is 1. The summed E-state index contributed by atoms with van der Waals surface area (Å²) in [4.78, 5) is 24.3. The van der Waals surface area contributed by atoms with Crippen LogP contribution in [0.5, 0.6) is 0 Å². The molecule has 3 heterocycles. The van der Waals surface area contributed by atoms with Crippen molar-refractivity contribution in [2.24, 2.45) is 0 Å². The molecule has 150 valence electrons. The summed E-state index contributed by atoms with van der Waals surface area (Å²) < 4.78 is 0. The number of carbonyl (C=O) groups is 1. The van der Waals surface area contributed by atoms with Gasteiger partial charge in [-0.2, -0.15) is 0 Å². The molecular formula is C27H21N3O. The molecule has 1 N–H and O–H groups in total. The Labute approximate surface area is 180 Å². The second-order valence-corrected chi connectivity index (χ2v) is 7.58. The van der Waals surface area contributed by atoms with Crippen molar-refractivity contribution < 1.29 is 4.79 Å². The molecule has 5 aromatic rings. The zero-order valence-electron chi connectivity index (χ0n) is 17.0. The number of ketones is 1. The molecule has 4 heteroatoms. The molecule has 0 aliphatic carbocycles. The van der Waals surface area contributed by atoms with E-state index in [1.807, 2.05) is 42.5 Å². The molecule has 0 aliphatic heterocycles. The van der Waals surface area contributed by atoms with Gasteiger partial charge < -0.3 is 4.98 Å². The normalized spacial score (nSPS) is 11.0. The van der Waals surface area contributed by atoms with E-state index in [4.69, 9.17) is 0 Å². The lowest BCUT2D eigenvalue weighted by molar-refractivity contribution is 0.0983. The summed E-state index contributed by atoms with van der Waals surface area (Å²) in [6, 6.07) is 24.3. The van der Waals surface area contributed by atoms with Crippen LogP contribution >= 0.6 is 0 Å². The number of pyridine rings is 2. The molecule has 0 atom stereocenters. The van der Waals surface area contributed by atoms with Crippen LogP contribution in [-0.4, -0.2) is 20.7 Å². The number of benzene rings is 2. The minimum atomic E-state index is 0.154. The molecule has 0 spiro atoms. The molecule has 0 bridgehead atoms. The minimum absolute atomic E-state index is 0.154. The van der Waals surface area contributed by atoms with E-state index in [-0.39, 0.29) is 5.78 Å². The standard InChI is InChI=1S/C27H21N3O/c31-27(7-4-19-8-12-28-13-9-19)23-3-1-2-21(16-23)22-5-6-25-24(17-22)18-26(30-25)20-10-14-29-15-11-20/h1-3,5-6,8-18,30H,4,7H2. The molecule has 3 aromatic heterocycles. The molecule has 0 saturated heterocycles. The van der Waals surface area contributed by atoms with Gasteiger partial charge in [-0.05, 0) is 71.6 Å². The summed E-state index contributed by atoms with van der Waals surface area (Å²) >= 11 is 0. The van der Waals surface area contributed by atoms with Crippen molar-refractivity contribution in [3.8, 4) is 22.4 Å². The predicted molar refractivity (Wildman–Crippen MR) is 124 cm³/mol. The van der Waals surface area contributed by atoms with Gasteiger partial charge in [0, 0.05) is 58.9 Å². The van der Waals surface area contributed by atoms with E-state index in [9.17, 15) is 4.79 Å². The first-order valence-corrected chi connectivity index (χ1v) is 10.3. The van der Waals surface area contributed by atoms with Crippen LogP contribution in [0.3, 0.4) is 0 Å². The maximum atomic E-state index is 12.7. The molecular weight excluding hydrogens is 382 g/mol. The number of aromatic amines is 1. The summed E-state index contributed by atoms with van der Waals surface area (Å²) in [7, 11) is 0. The van der Waals surface area contributed by atoms with Crippen molar-refractivity contribution in [3.05, 3.63) is 109 Å². The number of nitrogens with zero attached hydrogens (tertiary/aromatic N) is 2. The first kappa shape index (κ1) is 18.9. The number of H-pyrrole nitrogens is 1. The van der Waals surface area contributed by atoms with E-state index in [0.29, 0.717) is 6.42 Å². The lowest BCUT2D eigenvalue weighted by atomic mass is 9.98. The van der Waals surface area contributed by atoms with Gasteiger partial charge in [-0.3, -0.25) is 14.8 Å². The van der Waals surface area contributed by atoms with E-state index in [1.165, 1.54) is 0 Å². The third kappa shape index (κ3) is 4.14. The Kier molecular flexibility index (Phi) is 5.11. The fraction of sp³-hybridized carbons (Fsp3) is 0.0741. The fourth-order valence-electron chi connectivity index (χ4n) is 3.82. The fourth-order valence-corrected chi connectivity index (χ4v) is 3.82. The van der Waals surface area contributed by atoms with Crippen molar-refractivity contribution in [1.29, 1.82) is 0 Å². The average Bonchev–Trinajstić information content (AvgIpc) is 3.27. The van der Waals surface area contributed by atoms with Gasteiger partial charge in [0.2, 0.25) is 0 Å². The maximum Gasteiger partial charge on any atom is 0.163 e. The van der Waals surface area contributed by atoms with Crippen LogP contribution in [0, 0.1) is 0 Å². The van der Waals surface area contributed by atoms with Crippen LogP contribution in [0.2, 0.25) is 0 Å². The number of hydrogen-bond acceptors (Lipinski definition) is 3. The number of rotatable bonds is 6. The van der Waals surface area contributed by atoms with Gasteiger partial charge in [0.25, 0.3) is 0 Å². The van der Waals surface area contributed by atoms with Crippen LogP contribution in [0.4, 0.5) is 0 Å². The van der Waals surface area contributed by atoms with Crippen molar-refractivity contribution >= 4 is 16.7 Å². The highest BCUT2D eigenvalue weighted by atomic mass is 16.1. The van der Waals surface area contributed by atoms with Gasteiger partial charge in [-0.25, -0.2) is 0 Å². The third-order valence-electron chi connectivity index (χ3n) is 5.52. The Morgan fingerprint density at radius 3 is 2.29 bits per heavy atom. The highest BCUT2D eigenvalue weighted by Crippen LogP contribution is 2.29. The quantitative estimate of drug-likeness (QED) is 0.348. The van der Waals surface area contributed by atoms with Crippen molar-refractivity contribution in [1.82, 2.24) is 15.0 Å². The molecule has 31 heavy (non-hydrogen) atoms. The highest BCUT2D eigenvalue weighted by molar-refractivity contribution is 5.98. The van der Waals surface area contributed by atoms with E-state index >= 15 is 0 Å². The summed E-state index contributed by atoms with van der Waals surface area (Å²) in [5.41, 5.74) is 7.27. The number of Topliss-reactive ketones (excluding diaryl/α,β-unsaturated/α-hetero) is 1. The smallest absolute Gasteiger partial charge is 0.163 e. The molecule has 0 saturated carbocycles. The topological polar surface area (TPSA) is 58.6 Å². The molecule has 5 rings (SSSR count). The number of aromatic nitrogens is 3. The number of hydrogen-bond donors (Lipinski definition) is 1. The van der Waals surface area contributed by atoms with Gasteiger partial charge in [0.1, 0.15) is 0 Å². The van der Waals surface area contributed by atoms with Gasteiger partial charge in [0.05, 0.1) is 0 Å². The SMILES string of the molecule is O=C(CCc1ccncc1)c1cccc(-c2ccc3[nH]c(-c4ccncc4)cc3c2)c1. The monoisotopic (exact) mass is 403 g/mol. The minimum Gasteiger partial charge on any atom is -0.355 e. The highest BCUT2D eigenvalue weighted by Gasteiger charge is 2.09. The zero-order chi connectivity index (χ0) is 21.0. The molecule has 0 aliphatic rings. The zero-order valence-corrected chi connectivity index (χ0v) is 17.0. The summed E-state index contributed by atoms with van der Waals surface area (Å²) in [6.45, 7) is 0. The Morgan fingerprint density at radius 1 is 0.742 bits per heavy atom. The average molecular weight is 403 g/mol. The summed E-state index contributed by atoms with van der Waals surface area (Å²) in [5.74, 6) is 0.154. The van der Waals surface area contributed by atoms with Crippen LogP contribution in [-0.2, 0) is 6.42 Å². The molecule has 4 nitrogen and oxygen atoms in total. The van der Waals surface area contributed by atoms with E-state index < -0.39 is 0 Å². The summed E-state index contributed by atoms with van der Waals surface area (Å²) in [6.07, 6.45) is 8.32. The van der Waals surface area contributed by atoms with Crippen molar-refractivity contribution in [2.45, 2.75) is 12.8 Å². The lowest BCUT2D eigenvalue weighted by Crippen LogP contribution is -2.01. The largest absolute Gasteiger partial charge is 0.355 e. The van der Waals surface area contributed by atoms with Gasteiger partial charge in [-0.1, -0.05) is 24.3 Å². The predicted octanol–water partition coefficient (Wildman–Crippen LogP) is 6.11. The first-order chi connectivity index (χ1) is 15.3. The van der Waals surface area contributed by atoms with E-state index in [2.05, 4.69) is 45.3 Å². The maximum absolute atomic E-state index is 12.7. The lowest BCUT2D eigenvalue weighted by Gasteiger charge is -2.06. The van der Waals surface area contributed by atoms with E-state index in [0.717, 1.165) is 50.8 Å². The Bertz CT molecular complexity index is 1340. The number of carbonyl (C=O) groups excluding carboxylic acids is 1. The third-order valence-corrected chi connectivity index (χ3v) is 5.52. The number of aryl methyl sites for hydroxylation is 1. The second kappa shape index (κ2) is 8.36. The Hall–Kier alpha value is -4.05. The van der Waals surface area contributed by atoms with Gasteiger partial charge in [-0.15, -0.1) is 0 Å². The van der Waals surface area contributed by atoms with Crippen LogP contribution in [0.1, 0.15) is 22.3 Å². The molecule has 0 amide bonds. The first-order valence-electron chi connectivity index (χ1n) is 10.3. The van der Waals surface area contributed by atoms with Gasteiger partial charge >= 0.3 is 0 Å². The second-order valence-electron chi connectivity index (χ2n) is 7.58. The van der Waals surface area contributed by atoms with Crippen LogP contribution in [0.15, 0.2) is 97.6 Å². The molecule has 0 unspecified atom stereocenters. The Morgan fingerprint density at radius 2 is 1.48 bits per heavy atom. The van der Waals surface area contributed by atoms with Crippen LogP contribution in [0.25, 0.3) is 33.3 Å². The molecule has 0 fully saturated rings. The van der Waals surface area contributed by atoms with Crippen LogP contribution < -0.4 is 0 Å².